The summed E-state index contributed by atoms with van der Waals surface area (Å²) in [5, 5.41) is 14.4. The molecule has 1 aliphatic carbocycles. The second kappa shape index (κ2) is 9.12. The van der Waals surface area contributed by atoms with E-state index >= 15 is 0 Å². The van der Waals surface area contributed by atoms with Gasteiger partial charge in [0.2, 0.25) is 0 Å². The van der Waals surface area contributed by atoms with Crippen LogP contribution in [0.2, 0.25) is 0 Å². The minimum absolute atomic E-state index is 0.0361. The maximum atomic E-state index is 13.2. The van der Waals surface area contributed by atoms with E-state index in [1.165, 1.54) is 28.1 Å². The third-order valence-corrected chi connectivity index (χ3v) is 6.87. The lowest BCUT2D eigenvalue weighted by atomic mass is 9.89. The number of phenols is 1. The van der Waals surface area contributed by atoms with Gasteiger partial charge in [0, 0.05) is 4.88 Å². The third kappa shape index (κ3) is 4.25. The van der Waals surface area contributed by atoms with Crippen molar-refractivity contribution >= 4 is 33.7 Å². The van der Waals surface area contributed by atoms with E-state index in [1.807, 2.05) is 6.92 Å². The second-order valence-corrected chi connectivity index (χ2v) is 9.14. The average molecular weight is 455 g/mol. The smallest absolute Gasteiger partial charge is 0.263 e. The minimum Gasteiger partial charge on any atom is -0.504 e. The molecule has 2 atom stereocenters. The molecule has 0 spiro atoms. The fourth-order valence-electron chi connectivity index (χ4n) is 3.89. The van der Waals surface area contributed by atoms with Gasteiger partial charge < -0.3 is 9.84 Å². The first-order chi connectivity index (χ1) is 15.4. The summed E-state index contributed by atoms with van der Waals surface area (Å²) in [5.41, 5.74) is 4.04. The predicted molar refractivity (Wildman–Crippen MR) is 125 cm³/mol. The van der Waals surface area contributed by atoms with Crippen molar-refractivity contribution in [1.29, 1.82) is 0 Å². The maximum absolute atomic E-state index is 13.2. The van der Waals surface area contributed by atoms with Crippen molar-refractivity contribution in [2.75, 3.05) is 6.61 Å². The van der Waals surface area contributed by atoms with Crippen LogP contribution in [-0.4, -0.2) is 33.4 Å². The van der Waals surface area contributed by atoms with Crippen molar-refractivity contribution in [2.24, 2.45) is 11.0 Å². The number of hydrazone groups is 1. The van der Waals surface area contributed by atoms with E-state index in [0.29, 0.717) is 29.2 Å². The fourth-order valence-corrected chi connectivity index (χ4v) is 5.23. The molecule has 0 unspecified atom stereocenters. The molecule has 2 N–H and O–H groups in total. The van der Waals surface area contributed by atoms with Gasteiger partial charge in [-0.25, -0.2) is 10.4 Å². The summed E-state index contributed by atoms with van der Waals surface area (Å²) in [4.78, 5) is 32.3. The molecular weight excluding hydrogens is 428 g/mol. The highest BCUT2D eigenvalue weighted by atomic mass is 32.1. The van der Waals surface area contributed by atoms with Crippen LogP contribution in [0.1, 0.15) is 49.2 Å². The second-order valence-electron chi connectivity index (χ2n) is 8.06. The Bertz CT molecular complexity index is 1250. The van der Waals surface area contributed by atoms with E-state index in [4.69, 9.17) is 4.74 Å². The number of carbonyl (C=O) groups excluding carboxylic acids is 1. The molecule has 1 aliphatic rings. The van der Waals surface area contributed by atoms with Gasteiger partial charge in [0.1, 0.15) is 10.9 Å². The van der Waals surface area contributed by atoms with E-state index in [1.54, 1.807) is 30.4 Å². The molecule has 2 heterocycles. The third-order valence-electron chi connectivity index (χ3n) is 5.71. The van der Waals surface area contributed by atoms with Gasteiger partial charge in [0.15, 0.2) is 11.5 Å². The molecule has 0 bridgehead atoms. The Balaban J connectivity index is 1.52. The number of hydrogen-bond acceptors (Lipinski definition) is 7. The van der Waals surface area contributed by atoms with E-state index in [9.17, 15) is 14.7 Å². The molecule has 0 saturated heterocycles. The van der Waals surface area contributed by atoms with Crippen molar-refractivity contribution in [1.82, 2.24) is 15.0 Å². The summed E-state index contributed by atoms with van der Waals surface area (Å²) < 4.78 is 6.71. The Morgan fingerprint density at radius 3 is 3.09 bits per heavy atom. The molecule has 2 aromatic heterocycles. The van der Waals surface area contributed by atoms with Gasteiger partial charge in [-0.05, 0) is 68.4 Å². The number of aryl methyl sites for hydroxylation is 1. The number of hydrogen-bond donors (Lipinski definition) is 2. The first-order valence-electron chi connectivity index (χ1n) is 10.7. The number of ether oxygens (including phenoxy) is 1. The van der Waals surface area contributed by atoms with Gasteiger partial charge in [0.05, 0.1) is 24.5 Å². The molecule has 0 fully saturated rings. The van der Waals surface area contributed by atoms with Crippen molar-refractivity contribution in [3.63, 3.8) is 0 Å². The number of aromatic hydroxyl groups is 1. The van der Waals surface area contributed by atoms with Gasteiger partial charge in [-0.3, -0.25) is 14.2 Å². The highest BCUT2D eigenvalue weighted by Crippen LogP contribution is 2.35. The molecular formula is C23H26N4O4S. The zero-order chi connectivity index (χ0) is 22.8. The number of fused-ring (bicyclic) bond motifs is 3. The summed E-state index contributed by atoms with van der Waals surface area (Å²) in [6.07, 6.45) is 5.80. The summed E-state index contributed by atoms with van der Waals surface area (Å²) >= 11 is 1.59. The van der Waals surface area contributed by atoms with Crippen LogP contribution >= 0.6 is 11.3 Å². The van der Waals surface area contributed by atoms with E-state index in [0.717, 1.165) is 29.7 Å². The first kappa shape index (κ1) is 22.0. The minimum atomic E-state index is -0.770. The average Bonchev–Trinajstić information content (AvgIpc) is 3.14. The molecule has 1 amide bonds. The topological polar surface area (TPSA) is 106 Å². The van der Waals surface area contributed by atoms with Gasteiger partial charge >= 0.3 is 0 Å². The van der Waals surface area contributed by atoms with Crippen molar-refractivity contribution in [2.45, 2.75) is 46.1 Å². The zero-order valence-electron chi connectivity index (χ0n) is 18.3. The standard InChI is InChI=1S/C23H26N4O4S/c1-4-31-18-10-15(6-8-17(18)28)11-25-26-21(29)14(3)27-12-24-22-20(23(27)30)16-7-5-13(2)9-19(16)32-22/h6,8,10-14,28H,4-5,7,9H2,1-3H3,(H,26,29)/b25-11+/t13-,14-/m0/s1. The van der Waals surface area contributed by atoms with Crippen molar-refractivity contribution in [3.8, 4) is 11.5 Å². The van der Waals surface area contributed by atoms with Crippen molar-refractivity contribution in [3.05, 3.63) is 50.9 Å². The number of amides is 1. The number of phenolic OH excluding ortho intramolecular Hbond substituents is 1. The zero-order valence-corrected chi connectivity index (χ0v) is 19.1. The molecule has 0 radical (unpaired) electrons. The van der Waals surface area contributed by atoms with Gasteiger partial charge in [-0.15, -0.1) is 11.3 Å². The Kier molecular flexibility index (Phi) is 6.27. The Hall–Kier alpha value is -3.20. The number of carbonyl (C=O) groups is 1. The first-order valence-corrected chi connectivity index (χ1v) is 11.5. The number of aromatic nitrogens is 2. The lowest BCUT2D eigenvalue weighted by molar-refractivity contribution is -0.123. The predicted octanol–water partition coefficient (Wildman–Crippen LogP) is 3.40. The van der Waals surface area contributed by atoms with Crippen LogP contribution in [0.4, 0.5) is 0 Å². The number of benzene rings is 1. The number of thiophene rings is 1. The van der Waals surface area contributed by atoms with Crippen LogP contribution in [0.25, 0.3) is 10.2 Å². The molecule has 32 heavy (non-hydrogen) atoms. The normalized spacial score (nSPS) is 16.8. The van der Waals surface area contributed by atoms with E-state index < -0.39 is 11.9 Å². The van der Waals surface area contributed by atoms with Gasteiger partial charge in [0.25, 0.3) is 11.5 Å². The van der Waals surface area contributed by atoms with Gasteiger partial charge in [-0.2, -0.15) is 5.10 Å². The molecule has 9 heteroatoms. The molecule has 1 aromatic carbocycles. The van der Waals surface area contributed by atoms with Crippen LogP contribution < -0.4 is 15.7 Å². The molecule has 8 nitrogen and oxygen atoms in total. The van der Waals surface area contributed by atoms with Crippen LogP contribution in [0.5, 0.6) is 11.5 Å². The van der Waals surface area contributed by atoms with Crippen LogP contribution in [0, 0.1) is 5.92 Å². The number of rotatable bonds is 6. The summed E-state index contributed by atoms with van der Waals surface area (Å²) in [6.45, 7) is 6.11. The Morgan fingerprint density at radius 1 is 1.50 bits per heavy atom. The Labute approximate surface area is 189 Å². The fraction of sp³-hybridized carbons (Fsp3) is 0.391. The SMILES string of the molecule is CCOc1cc(/C=N/NC(=O)[C@H](C)n2cnc3sc4c(c3c2=O)CC[C@H](C)C4)ccc1O. The van der Waals surface area contributed by atoms with E-state index in [2.05, 4.69) is 22.4 Å². The number of nitrogens with one attached hydrogen (secondary N) is 1. The monoisotopic (exact) mass is 454 g/mol. The largest absolute Gasteiger partial charge is 0.504 e. The van der Waals surface area contributed by atoms with Crippen LogP contribution in [0.15, 0.2) is 34.4 Å². The Morgan fingerprint density at radius 2 is 2.31 bits per heavy atom. The van der Waals surface area contributed by atoms with Gasteiger partial charge in [-0.1, -0.05) is 6.92 Å². The maximum Gasteiger partial charge on any atom is 0.263 e. The highest BCUT2D eigenvalue weighted by molar-refractivity contribution is 7.18. The molecule has 4 rings (SSSR count). The molecule has 0 saturated carbocycles. The lowest BCUT2D eigenvalue weighted by Gasteiger charge is -2.18. The highest BCUT2D eigenvalue weighted by Gasteiger charge is 2.25. The van der Waals surface area contributed by atoms with Crippen molar-refractivity contribution < 1.29 is 14.6 Å². The summed E-state index contributed by atoms with van der Waals surface area (Å²) in [7, 11) is 0. The van der Waals surface area contributed by atoms with E-state index in [-0.39, 0.29) is 11.3 Å². The lowest BCUT2D eigenvalue weighted by Crippen LogP contribution is -2.34. The summed E-state index contributed by atoms with van der Waals surface area (Å²) in [5.74, 6) is 0.564. The van der Waals surface area contributed by atoms with Crippen LogP contribution in [0.3, 0.4) is 0 Å². The summed E-state index contributed by atoms with van der Waals surface area (Å²) in [6, 6.07) is 4.01. The molecule has 0 aliphatic heterocycles. The number of nitrogens with zero attached hydrogens (tertiary/aromatic N) is 3. The molecule has 3 aromatic rings. The quantitative estimate of drug-likeness (QED) is 0.439. The molecule has 168 valence electrons. The van der Waals surface area contributed by atoms with Crippen LogP contribution in [-0.2, 0) is 17.6 Å².